The highest BCUT2D eigenvalue weighted by Gasteiger charge is 2.39. The van der Waals surface area contributed by atoms with Crippen molar-refractivity contribution in [1.82, 2.24) is 15.1 Å². The first-order chi connectivity index (χ1) is 9.38. The molecule has 5 nitrogen and oxygen atoms in total. The number of piperazine rings is 1. The molecule has 1 aliphatic rings. The number of hydrogen-bond donors (Lipinski definition) is 1. The molecule has 5 heteroatoms. The van der Waals surface area contributed by atoms with Gasteiger partial charge in [-0.05, 0) is 46.3 Å². The van der Waals surface area contributed by atoms with E-state index in [4.69, 9.17) is 0 Å². The minimum Gasteiger partial charge on any atom is -0.342 e. The van der Waals surface area contributed by atoms with Gasteiger partial charge in [-0.2, -0.15) is 0 Å². The second kappa shape index (κ2) is 7.62. The Morgan fingerprint density at radius 2 is 1.95 bits per heavy atom. The Kier molecular flexibility index (Phi) is 6.46. The summed E-state index contributed by atoms with van der Waals surface area (Å²) in [6, 6.07) is -0.695. The zero-order valence-corrected chi connectivity index (χ0v) is 13.5. The molecule has 1 rings (SSSR count). The summed E-state index contributed by atoms with van der Waals surface area (Å²) in [6.07, 6.45) is 2.87. The van der Waals surface area contributed by atoms with Crippen LogP contribution in [0.15, 0.2) is 0 Å². The highest BCUT2D eigenvalue weighted by Crippen LogP contribution is 2.18. The Labute approximate surface area is 122 Å². The molecule has 0 aromatic heterocycles. The van der Waals surface area contributed by atoms with Crippen molar-refractivity contribution in [3.63, 3.8) is 0 Å². The third kappa shape index (κ3) is 4.20. The lowest BCUT2D eigenvalue weighted by Crippen LogP contribution is -2.64. The molecule has 0 bridgehead atoms. The van der Waals surface area contributed by atoms with E-state index in [2.05, 4.69) is 10.2 Å². The average Bonchev–Trinajstić information content (AvgIpc) is 2.40. The predicted octanol–water partition coefficient (Wildman–Crippen LogP) is 1.09. The standard InChI is InChI=1S/C15H29N3O2/c1-6-11(2)13-15(20)18(12(3)14(19)16-13)10-8-7-9-17(4)5/h11-13H,6-10H2,1-5H3,(H,16,19). The number of carbonyl (C=O) groups excluding carboxylic acids is 2. The summed E-state index contributed by atoms with van der Waals surface area (Å²) in [7, 11) is 4.09. The van der Waals surface area contributed by atoms with Crippen molar-refractivity contribution < 1.29 is 9.59 Å². The molecule has 1 heterocycles. The molecule has 3 unspecified atom stereocenters. The third-order valence-electron chi connectivity index (χ3n) is 4.16. The molecule has 0 spiro atoms. The molecule has 0 aromatic carbocycles. The van der Waals surface area contributed by atoms with Crippen molar-refractivity contribution in [1.29, 1.82) is 0 Å². The van der Waals surface area contributed by atoms with E-state index in [1.54, 1.807) is 4.90 Å². The van der Waals surface area contributed by atoms with Gasteiger partial charge in [-0.15, -0.1) is 0 Å². The lowest BCUT2D eigenvalue weighted by atomic mass is 9.94. The number of rotatable bonds is 7. The molecular weight excluding hydrogens is 254 g/mol. The van der Waals surface area contributed by atoms with E-state index in [0.29, 0.717) is 6.54 Å². The highest BCUT2D eigenvalue weighted by molar-refractivity contribution is 5.96. The van der Waals surface area contributed by atoms with Crippen LogP contribution in [-0.2, 0) is 9.59 Å². The summed E-state index contributed by atoms with van der Waals surface area (Å²) >= 11 is 0. The van der Waals surface area contributed by atoms with E-state index in [9.17, 15) is 9.59 Å². The van der Waals surface area contributed by atoms with Crippen molar-refractivity contribution in [3.8, 4) is 0 Å². The third-order valence-corrected chi connectivity index (χ3v) is 4.16. The van der Waals surface area contributed by atoms with Gasteiger partial charge in [0.05, 0.1) is 0 Å². The molecule has 1 N–H and O–H groups in total. The van der Waals surface area contributed by atoms with Crippen molar-refractivity contribution in [2.24, 2.45) is 5.92 Å². The van der Waals surface area contributed by atoms with E-state index < -0.39 is 0 Å². The van der Waals surface area contributed by atoms with E-state index in [1.165, 1.54) is 0 Å². The number of unbranched alkanes of at least 4 members (excludes halogenated alkanes) is 1. The molecule has 1 saturated heterocycles. The molecular formula is C15H29N3O2. The Bertz CT molecular complexity index is 344. The molecule has 0 radical (unpaired) electrons. The van der Waals surface area contributed by atoms with Gasteiger partial charge in [-0.1, -0.05) is 20.3 Å². The zero-order valence-electron chi connectivity index (χ0n) is 13.5. The fourth-order valence-corrected chi connectivity index (χ4v) is 2.48. The van der Waals surface area contributed by atoms with Crippen LogP contribution in [0.2, 0.25) is 0 Å². The van der Waals surface area contributed by atoms with Gasteiger partial charge in [0.25, 0.3) is 0 Å². The van der Waals surface area contributed by atoms with Crippen molar-refractivity contribution in [3.05, 3.63) is 0 Å². The average molecular weight is 283 g/mol. The maximum atomic E-state index is 12.5. The first kappa shape index (κ1) is 17.0. The fourth-order valence-electron chi connectivity index (χ4n) is 2.48. The molecule has 0 aliphatic carbocycles. The van der Waals surface area contributed by atoms with Gasteiger partial charge in [0.2, 0.25) is 11.8 Å². The summed E-state index contributed by atoms with van der Waals surface area (Å²) < 4.78 is 0. The van der Waals surface area contributed by atoms with Crippen LogP contribution in [0.25, 0.3) is 0 Å². The normalized spacial score (nSPS) is 25.0. The van der Waals surface area contributed by atoms with Crippen LogP contribution in [0.5, 0.6) is 0 Å². The molecule has 0 aromatic rings. The van der Waals surface area contributed by atoms with E-state index >= 15 is 0 Å². The van der Waals surface area contributed by atoms with Crippen LogP contribution < -0.4 is 5.32 Å². The maximum absolute atomic E-state index is 12.5. The van der Waals surface area contributed by atoms with Crippen LogP contribution in [0.3, 0.4) is 0 Å². The minimum atomic E-state index is -0.349. The minimum absolute atomic E-state index is 0.0255. The van der Waals surface area contributed by atoms with Gasteiger partial charge in [-0.25, -0.2) is 0 Å². The van der Waals surface area contributed by atoms with Gasteiger partial charge >= 0.3 is 0 Å². The first-order valence-corrected chi connectivity index (χ1v) is 7.64. The SMILES string of the molecule is CCC(C)C1NC(=O)C(C)N(CCCCN(C)C)C1=O. The van der Waals surface area contributed by atoms with E-state index in [1.807, 2.05) is 34.9 Å². The van der Waals surface area contributed by atoms with E-state index in [-0.39, 0.29) is 29.8 Å². The number of nitrogens with zero attached hydrogens (tertiary/aromatic N) is 2. The summed E-state index contributed by atoms with van der Waals surface area (Å²) in [6.45, 7) is 7.56. The van der Waals surface area contributed by atoms with E-state index in [0.717, 1.165) is 25.8 Å². The highest BCUT2D eigenvalue weighted by atomic mass is 16.2. The molecule has 0 saturated carbocycles. The quantitative estimate of drug-likeness (QED) is 0.712. The topological polar surface area (TPSA) is 52.7 Å². The fraction of sp³-hybridized carbons (Fsp3) is 0.867. The Balaban J connectivity index is 2.61. The van der Waals surface area contributed by atoms with Crippen LogP contribution >= 0.6 is 0 Å². The number of nitrogens with one attached hydrogen (secondary N) is 1. The summed E-state index contributed by atoms with van der Waals surface area (Å²) in [5.74, 6) is 0.238. The van der Waals surface area contributed by atoms with Crippen molar-refractivity contribution in [2.75, 3.05) is 27.2 Å². The lowest BCUT2D eigenvalue weighted by molar-refractivity contribution is -0.150. The monoisotopic (exact) mass is 283 g/mol. The second-order valence-electron chi connectivity index (χ2n) is 6.09. The predicted molar refractivity (Wildman–Crippen MR) is 80.3 cm³/mol. The molecule has 2 amide bonds. The van der Waals surface area contributed by atoms with Gasteiger partial charge in [-0.3, -0.25) is 9.59 Å². The van der Waals surface area contributed by atoms with Crippen molar-refractivity contribution >= 4 is 11.8 Å². The smallest absolute Gasteiger partial charge is 0.246 e. The molecule has 116 valence electrons. The second-order valence-corrected chi connectivity index (χ2v) is 6.09. The number of hydrogen-bond acceptors (Lipinski definition) is 3. The molecule has 1 aliphatic heterocycles. The summed E-state index contributed by atoms with van der Waals surface area (Å²) in [5, 5.41) is 2.87. The van der Waals surface area contributed by atoms with Crippen LogP contribution in [0.1, 0.15) is 40.0 Å². The Morgan fingerprint density at radius 1 is 1.30 bits per heavy atom. The van der Waals surface area contributed by atoms with Gasteiger partial charge in [0, 0.05) is 6.54 Å². The van der Waals surface area contributed by atoms with Gasteiger partial charge in [0.15, 0.2) is 0 Å². The van der Waals surface area contributed by atoms with Crippen LogP contribution in [0, 0.1) is 5.92 Å². The largest absolute Gasteiger partial charge is 0.342 e. The summed E-state index contributed by atoms with van der Waals surface area (Å²) in [4.78, 5) is 28.4. The molecule has 3 atom stereocenters. The van der Waals surface area contributed by atoms with Gasteiger partial charge < -0.3 is 15.1 Å². The number of amides is 2. The van der Waals surface area contributed by atoms with Crippen LogP contribution in [0.4, 0.5) is 0 Å². The summed E-state index contributed by atoms with van der Waals surface area (Å²) in [5.41, 5.74) is 0. The molecule has 1 fully saturated rings. The first-order valence-electron chi connectivity index (χ1n) is 7.64. The zero-order chi connectivity index (χ0) is 15.3. The molecule has 20 heavy (non-hydrogen) atoms. The Hall–Kier alpha value is -1.10. The van der Waals surface area contributed by atoms with Crippen molar-refractivity contribution in [2.45, 2.75) is 52.1 Å². The van der Waals surface area contributed by atoms with Crippen LogP contribution in [-0.4, -0.2) is 60.9 Å². The number of carbonyl (C=O) groups is 2. The Morgan fingerprint density at radius 3 is 2.50 bits per heavy atom. The lowest BCUT2D eigenvalue weighted by Gasteiger charge is -2.39. The maximum Gasteiger partial charge on any atom is 0.246 e. The van der Waals surface area contributed by atoms with Gasteiger partial charge in [0.1, 0.15) is 12.1 Å².